The van der Waals surface area contributed by atoms with Gasteiger partial charge in [-0.3, -0.25) is 19.3 Å². The average Bonchev–Trinajstić information content (AvgIpc) is 3.64. The molecule has 1 N–H and O–H groups in total. The summed E-state index contributed by atoms with van der Waals surface area (Å²) in [4.78, 5) is 53.0. The molecule has 2 atom stereocenters. The predicted octanol–water partition coefficient (Wildman–Crippen LogP) is 2.15. The number of carbonyl (C=O) groups is 4. The Morgan fingerprint density at radius 3 is 2.51 bits per heavy atom. The van der Waals surface area contributed by atoms with Crippen molar-refractivity contribution in [2.45, 2.75) is 50.5 Å². The lowest BCUT2D eigenvalue weighted by Gasteiger charge is -2.49. The van der Waals surface area contributed by atoms with E-state index in [1.54, 1.807) is 69.0 Å². The summed E-state index contributed by atoms with van der Waals surface area (Å²) in [5.41, 5.74) is 0.908. The zero-order valence-electron chi connectivity index (χ0n) is 24.1. The molecule has 15 heteroatoms. The van der Waals surface area contributed by atoms with Crippen molar-refractivity contribution in [1.82, 2.24) is 35.0 Å². The third-order valence-electron chi connectivity index (χ3n) is 6.62. The number of tetrazole rings is 1. The number of thioether (sulfide) groups is 2. The van der Waals surface area contributed by atoms with Crippen LogP contribution in [-0.4, -0.2) is 76.3 Å². The molecule has 1 fully saturated rings. The molecule has 1 saturated heterocycles. The van der Waals surface area contributed by atoms with Crippen molar-refractivity contribution < 1.29 is 28.7 Å². The van der Waals surface area contributed by atoms with Gasteiger partial charge in [0.2, 0.25) is 11.1 Å². The summed E-state index contributed by atoms with van der Waals surface area (Å²) in [6.45, 7) is 5.34. The molecule has 0 radical (unpaired) electrons. The fourth-order valence-electron chi connectivity index (χ4n) is 4.27. The molecule has 5 rings (SSSR count). The van der Waals surface area contributed by atoms with Crippen LogP contribution in [-0.2, 0) is 44.1 Å². The maximum absolute atomic E-state index is 13.5. The molecule has 2 amide bonds. The summed E-state index contributed by atoms with van der Waals surface area (Å²) in [5, 5.41) is 14.4. The highest BCUT2D eigenvalue weighted by molar-refractivity contribution is 8.01. The van der Waals surface area contributed by atoms with Crippen molar-refractivity contribution >= 4 is 47.3 Å². The molecule has 3 aromatic rings. The highest BCUT2D eigenvalue weighted by Gasteiger charge is 2.54. The number of benzene rings is 1. The summed E-state index contributed by atoms with van der Waals surface area (Å²) in [6.07, 6.45) is 3.53. The number of nitrogens with one attached hydrogen (secondary N) is 1. The molecule has 13 nitrogen and oxygen atoms in total. The van der Waals surface area contributed by atoms with E-state index in [2.05, 4.69) is 20.8 Å². The van der Waals surface area contributed by atoms with Crippen LogP contribution in [0, 0.1) is 5.41 Å². The Bertz CT molecular complexity index is 1550. The molecule has 43 heavy (non-hydrogen) atoms. The number of carbonyl (C=O) groups excluding carboxylic acids is 4. The number of amides is 2. The monoisotopic (exact) mass is 625 g/mol. The number of hydrogen-bond donors (Lipinski definition) is 1. The van der Waals surface area contributed by atoms with Crippen molar-refractivity contribution in [3.8, 4) is 5.75 Å². The van der Waals surface area contributed by atoms with Crippen LogP contribution >= 0.6 is 23.5 Å². The van der Waals surface area contributed by atoms with Gasteiger partial charge in [0.1, 0.15) is 36.0 Å². The zero-order valence-corrected chi connectivity index (χ0v) is 25.7. The summed E-state index contributed by atoms with van der Waals surface area (Å²) in [6, 6.07) is 9.56. The van der Waals surface area contributed by atoms with Crippen LogP contribution in [0.25, 0.3) is 0 Å². The molecule has 4 heterocycles. The molecule has 0 spiro atoms. The van der Waals surface area contributed by atoms with Gasteiger partial charge in [-0.1, -0.05) is 23.9 Å². The van der Waals surface area contributed by atoms with Gasteiger partial charge in [-0.15, -0.1) is 16.9 Å². The first-order valence-corrected chi connectivity index (χ1v) is 15.4. The maximum atomic E-state index is 13.5. The van der Waals surface area contributed by atoms with Crippen LogP contribution < -0.4 is 10.1 Å². The van der Waals surface area contributed by atoms with Crippen molar-refractivity contribution in [1.29, 1.82) is 0 Å². The highest BCUT2D eigenvalue weighted by atomic mass is 32.2. The SMILES string of the molecule is Cn1nnnc1SCC1=C(C(=O)OCc2ccc(OC(=O)C(C)(C)C)cc2)N2C(=O)C(NC(=O)Cn3cccc3)C2SC1. The van der Waals surface area contributed by atoms with Crippen molar-refractivity contribution in [3.63, 3.8) is 0 Å². The molecular formula is C28H31N7O6S2. The van der Waals surface area contributed by atoms with E-state index in [9.17, 15) is 19.2 Å². The second-order valence-corrected chi connectivity index (χ2v) is 13.0. The first-order valence-electron chi connectivity index (χ1n) is 13.4. The molecule has 2 aromatic heterocycles. The standard InChI is InChI=1S/C28H31N7O6S2/c1-28(2,3)26(39)41-19-9-7-17(8-10-19)14-40-25(38)22-18(16-43-27-30-31-32-33(27)4)15-42-24-21(23(37)35(22)24)29-20(36)13-34-11-5-6-12-34/h5-12,21,24H,13-16H2,1-4H3,(H,29,36). The summed E-state index contributed by atoms with van der Waals surface area (Å²) >= 11 is 2.81. The van der Waals surface area contributed by atoms with E-state index >= 15 is 0 Å². The van der Waals surface area contributed by atoms with Gasteiger partial charge in [0.05, 0.1) is 5.41 Å². The van der Waals surface area contributed by atoms with Crippen LogP contribution in [0.3, 0.4) is 0 Å². The van der Waals surface area contributed by atoms with Gasteiger partial charge in [-0.25, -0.2) is 9.48 Å². The van der Waals surface area contributed by atoms with Crippen LogP contribution in [0.1, 0.15) is 26.3 Å². The lowest BCUT2D eigenvalue weighted by atomic mass is 9.97. The quantitative estimate of drug-likeness (QED) is 0.153. The lowest BCUT2D eigenvalue weighted by Crippen LogP contribution is -2.70. The third-order valence-corrected chi connectivity index (χ3v) is 9.06. The largest absolute Gasteiger partial charge is 0.456 e. The minimum absolute atomic E-state index is 0.0552. The minimum atomic E-state index is -0.753. The highest BCUT2D eigenvalue weighted by Crippen LogP contribution is 2.42. The Hall–Kier alpha value is -4.11. The van der Waals surface area contributed by atoms with Crippen LogP contribution in [0.15, 0.2) is 65.2 Å². The maximum Gasteiger partial charge on any atom is 0.355 e. The van der Waals surface area contributed by atoms with E-state index in [0.29, 0.717) is 33.5 Å². The van der Waals surface area contributed by atoms with Crippen molar-refractivity contribution in [3.05, 3.63) is 65.6 Å². The van der Waals surface area contributed by atoms with Crippen LogP contribution in [0.5, 0.6) is 5.75 Å². The van der Waals surface area contributed by atoms with Crippen molar-refractivity contribution in [2.24, 2.45) is 12.5 Å². The first kappa shape index (κ1) is 30.4. The van der Waals surface area contributed by atoms with E-state index in [4.69, 9.17) is 9.47 Å². The Kier molecular flexibility index (Phi) is 8.92. The molecular weight excluding hydrogens is 594 g/mol. The Morgan fingerprint density at radius 1 is 1.14 bits per heavy atom. The van der Waals surface area contributed by atoms with Gasteiger partial charge in [-0.2, -0.15) is 0 Å². The normalized spacial score (nSPS) is 18.1. The fraction of sp³-hybridized carbons (Fsp3) is 0.393. The Balaban J connectivity index is 1.28. The lowest BCUT2D eigenvalue weighted by molar-refractivity contribution is -0.153. The smallest absolute Gasteiger partial charge is 0.355 e. The predicted molar refractivity (Wildman–Crippen MR) is 157 cm³/mol. The van der Waals surface area contributed by atoms with Crippen LogP contribution in [0.4, 0.5) is 0 Å². The number of hydrogen-bond acceptors (Lipinski definition) is 11. The van der Waals surface area contributed by atoms with E-state index in [-0.39, 0.29) is 36.6 Å². The summed E-state index contributed by atoms with van der Waals surface area (Å²) < 4.78 is 14.3. The molecule has 2 aliphatic heterocycles. The molecule has 1 aromatic carbocycles. The molecule has 226 valence electrons. The number of aryl methyl sites for hydroxylation is 1. The van der Waals surface area contributed by atoms with Gasteiger partial charge in [0.15, 0.2) is 0 Å². The van der Waals surface area contributed by atoms with Gasteiger partial charge >= 0.3 is 11.9 Å². The Labute approximate surface area is 256 Å². The van der Waals surface area contributed by atoms with E-state index in [1.807, 2.05) is 12.1 Å². The molecule has 2 aliphatic rings. The van der Waals surface area contributed by atoms with Crippen molar-refractivity contribution in [2.75, 3.05) is 11.5 Å². The van der Waals surface area contributed by atoms with Gasteiger partial charge in [0.25, 0.3) is 5.91 Å². The van der Waals surface area contributed by atoms with E-state index in [0.717, 1.165) is 0 Å². The number of fused-ring (bicyclic) bond motifs is 1. The zero-order chi connectivity index (χ0) is 30.7. The van der Waals surface area contributed by atoms with Crippen LogP contribution in [0.2, 0.25) is 0 Å². The summed E-state index contributed by atoms with van der Waals surface area (Å²) in [5.74, 6) is -0.475. The third kappa shape index (κ3) is 6.94. The number of nitrogens with zero attached hydrogens (tertiary/aromatic N) is 6. The molecule has 0 aliphatic carbocycles. The number of ether oxygens (including phenoxy) is 2. The van der Waals surface area contributed by atoms with E-state index in [1.165, 1.54) is 33.1 Å². The fourth-order valence-corrected chi connectivity index (χ4v) is 6.60. The topological polar surface area (TPSA) is 151 Å². The molecule has 0 saturated carbocycles. The number of aromatic nitrogens is 5. The number of esters is 2. The van der Waals surface area contributed by atoms with Gasteiger partial charge < -0.3 is 19.4 Å². The Morgan fingerprint density at radius 2 is 1.86 bits per heavy atom. The molecule has 2 unspecified atom stereocenters. The van der Waals surface area contributed by atoms with Gasteiger partial charge in [-0.05, 0) is 66.6 Å². The first-order chi connectivity index (χ1) is 20.5. The number of β-lactam (4-membered cyclic amide) rings is 1. The number of rotatable bonds is 10. The summed E-state index contributed by atoms with van der Waals surface area (Å²) in [7, 11) is 1.72. The second kappa shape index (κ2) is 12.6. The van der Waals surface area contributed by atoms with E-state index < -0.39 is 22.8 Å². The van der Waals surface area contributed by atoms with Gasteiger partial charge in [0, 0.05) is 30.9 Å². The minimum Gasteiger partial charge on any atom is -0.456 e. The second-order valence-electron chi connectivity index (χ2n) is 11.0. The average molecular weight is 626 g/mol. The molecule has 0 bridgehead atoms.